The Morgan fingerprint density at radius 3 is 2.69 bits per heavy atom. The monoisotopic (exact) mass is 304 g/mol. The lowest BCUT2D eigenvalue weighted by molar-refractivity contribution is 0.129. The number of nitrogens with zero attached hydrogens (tertiary/aromatic N) is 2. The first kappa shape index (κ1) is 12.1. The molecule has 0 atom stereocenters. The van der Waals surface area contributed by atoms with Crippen LogP contribution in [0, 0.1) is 5.92 Å². The first-order valence-electron chi connectivity index (χ1n) is 5.49. The zero-order chi connectivity index (χ0) is 11.5. The topological polar surface area (TPSA) is 35.0 Å². The Balaban J connectivity index is 2.01. The molecule has 1 saturated carbocycles. The van der Waals surface area contributed by atoms with Crippen molar-refractivity contribution in [1.82, 2.24) is 9.97 Å². The first-order valence-corrected chi connectivity index (χ1v) is 6.66. The minimum atomic E-state index is 0.262. The van der Waals surface area contributed by atoms with Crippen LogP contribution in [0.25, 0.3) is 0 Å². The van der Waals surface area contributed by atoms with E-state index in [9.17, 15) is 0 Å². The Hall–Kier alpha value is -0.350. The molecule has 0 aliphatic heterocycles. The highest BCUT2D eigenvalue weighted by Gasteiger charge is 2.21. The van der Waals surface area contributed by atoms with E-state index in [1.165, 1.54) is 19.2 Å². The van der Waals surface area contributed by atoms with Crippen molar-refractivity contribution < 1.29 is 4.74 Å². The fraction of sp³-hybridized carbons (Fsp3) is 0.636. The fourth-order valence-electron chi connectivity index (χ4n) is 1.92. The van der Waals surface area contributed by atoms with Crippen molar-refractivity contribution in [3.05, 3.63) is 16.0 Å². The summed E-state index contributed by atoms with van der Waals surface area (Å²) in [5.74, 6) is 1.37. The molecule has 5 heteroatoms. The van der Waals surface area contributed by atoms with Gasteiger partial charge in [-0.15, -0.1) is 0 Å². The van der Waals surface area contributed by atoms with Crippen molar-refractivity contribution in [2.45, 2.75) is 38.7 Å². The third-order valence-electron chi connectivity index (χ3n) is 2.96. The van der Waals surface area contributed by atoms with E-state index >= 15 is 0 Å². The summed E-state index contributed by atoms with van der Waals surface area (Å²) < 4.78 is 6.48. The predicted octanol–water partition coefficient (Wildman–Crippen LogP) is 3.85. The second-order valence-electron chi connectivity index (χ2n) is 4.28. The number of halogens is 2. The smallest absolute Gasteiger partial charge is 0.232 e. The highest BCUT2D eigenvalue weighted by Crippen LogP contribution is 2.32. The molecule has 2 rings (SSSR count). The van der Waals surface area contributed by atoms with Crippen molar-refractivity contribution >= 4 is 27.5 Å². The molecule has 1 aromatic heterocycles. The molecule has 0 saturated heterocycles. The van der Waals surface area contributed by atoms with Gasteiger partial charge in [0.25, 0.3) is 0 Å². The number of hydrogen-bond acceptors (Lipinski definition) is 3. The van der Waals surface area contributed by atoms with Crippen molar-refractivity contribution in [1.29, 1.82) is 0 Å². The molecule has 1 aliphatic carbocycles. The Kier molecular flexibility index (Phi) is 4.03. The van der Waals surface area contributed by atoms with Crippen molar-refractivity contribution in [3.63, 3.8) is 0 Å². The van der Waals surface area contributed by atoms with Crippen LogP contribution in [0.1, 0.15) is 32.6 Å². The van der Waals surface area contributed by atoms with Gasteiger partial charge in [0.15, 0.2) is 5.15 Å². The minimum absolute atomic E-state index is 0.262. The molecule has 1 fully saturated rings. The van der Waals surface area contributed by atoms with Crippen LogP contribution in [0.5, 0.6) is 5.88 Å². The Morgan fingerprint density at radius 2 is 2.00 bits per heavy atom. The van der Waals surface area contributed by atoms with E-state index in [2.05, 4.69) is 32.8 Å². The molecular formula is C11H14BrClN2O. The maximum atomic E-state index is 5.88. The molecule has 1 heterocycles. The van der Waals surface area contributed by atoms with Crippen LogP contribution in [-0.4, -0.2) is 16.1 Å². The highest BCUT2D eigenvalue weighted by atomic mass is 79.9. The average Bonchev–Trinajstić information content (AvgIpc) is 2.28. The molecule has 0 amide bonds. The summed E-state index contributed by atoms with van der Waals surface area (Å²) in [6.45, 7) is 2.29. The summed E-state index contributed by atoms with van der Waals surface area (Å²) in [6, 6.07) is 0. The molecule has 1 aliphatic rings. The van der Waals surface area contributed by atoms with Crippen LogP contribution < -0.4 is 4.74 Å². The molecule has 0 N–H and O–H groups in total. The van der Waals surface area contributed by atoms with Gasteiger partial charge in [0, 0.05) is 0 Å². The fourth-order valence-corrected chi connectivity index (χ4v) is 2.34. The van der Waals surface area contributed by atoms with Crippen LogP contribution in [0.2, 0.25) is 5.15 Å². The van der Waals surface area contributed by atoms with Gasteiger partial charge in [-0.25, -0.2) is 9.97 Å². The molecule has 3 nitrogen and oxygen atoms in total. The van der Waals surface area contributed by atoms with Gasteiger partial charge in [-0.3, -0.25) is 0 Å². The lowest BCUT2D eigenvalue weighted by atomic mass is 9.89. The summed E-state index contributed by atoms with van der Waals surface area (Å²) in [5.41, 5.74) is 0. The van der Waals surface area contributed by atoms with E-state index in [0.29, 0.717) is 15.5 Å². The van der Waals surface area contributed by atoms with Gasteiger partial charge >= 0.3 is 0 Å². The molecular weight excluding hydrogens is 291 g/mol. The Labute approximate surface area is 109 Å². The number of aromatic nitrogens is 2. The third-order valence-corrected chi connectivity index (χ3v) is 4.19. The standard InChI is InChI=1S/C11H14BrClN2O/c1-7-2-4-8(5-3-7)16-11-9(12)10(13)14-6-15-11/h6-8H,2-5H2,1H3. The lowest BCUT2D eigenvalue weighted by Gasteiger charge is -2.26. The molecule has 0 radical (unpaired) electrons. The molecule has 1 aromatic rings. The second-order valence-corrected chi connectivity index (χ2v) is 5.43. The average molecular weight is 306 g/mol. The maximum Gasteiger partial charge on any atom is 0.232 e. The number of hydrogen-bond donors (Lipinski definition) is 0. The van der Waals surface area contributed by atoms with Crippen LogP contribution in [0.3, 0.4) is 0 Å². The Bertz CT molecular complexity index is 367. The summed E-state index contributed by atoms with van der Waals surface area (Å²) in [5, 5.41) is 0.397. The zero-order valence-electron chi connectivity index (χ0n) is 9.12. The number of ether oxygens (including phenoxy) is 1. The van der Waals surface area contributed by atoms with E-state index in [0.717, 1.165) is 18.8 Å². The van der Waals surface area contributed by atoms with Crippen molar-refractivity contribution in [2.75, 3.05) is 0 Å². The van der Waals surface area contributed by atoms with Gasteiger partial charge in [0.2, 0.25) is 5.88 Å². The maximum absolute atomic E-state index is 5.88. The largest absolute Gasteiger partial charge is 0.473 e. The van der Waals surface area contributed by atoms with Crippen LogP contribution in [0.15, 0.2) is 10.8 Å². The van der Waals surface area contributed by atoms with Crippen LogP contribution in [-0.2, 0) is 0 Å². The molecule has 16 heavy (non-hydrogen) atoms. The molecule has 0 spiro atoms. The van der Waals surface area contributed by atoms with E-state index < -0.39 is 0 Å². The summed E-state index contributed by atoms with van der Waals surface area (Å²) >= 11 is 9.21. The van der Waals surface area contributed by atoms with Gasteiger partial charge in [0.05, 0.1) is 0 Å². The summed E-state index contributed by atoms with van der Waals surface area (Å²) in [6.07, 6.45) is 6.32. The van der Waals surface area contributed by atoms with Gasteiger partial charge in [-0.2, -0.15) is 0 Å². The third kappa shape index (κ3) is 2.86. The zero-order valence-corrected chi connectivity index (χ0v) is 11.5. The minimum Gasteiger partial charge on any atom is -0.473 e. The first-order chi connectivity index (χ1) is 7.66. The van der Waals surface area contributed by atoms with E-state index in [4.69, 9.17) is 16.3 Å². The van der Waals surface area contributed by atoms with E-state index in [1.54, 1.807) is 0 Å². The van der Waals surface area contributed by atoms with E-state index in [1.807, 2.05) is 0 Å². The lowest BCUT2D eigenvalue weighted by Crippen LogP contribution is -2.23. The molecule has 0 bridgehead atoms. The van der Waals surface area contributed by atoms with Gasteiger partial charge in [-0.05, 0) is 47.5 Å². The Morgan fingerprint density at radius 1 is 1.31 bits per heavy atom. The van der Waals surface area contributed by atoms with Crippen molar-refractivity contribution in [3.8, 4) is 5.88 Å². The molecule has 88 valence electrons. The van der Waals surface area contributed by atoms with Crippen LogP contribution in [0.4, 0.5) is 0 Å². The number of rotatable bonds is 2. The van der Waals surface area contributed by atoms with Crippen LogP contribution >= 0.6 is 27.5 Å². The van der Waals surface area contributed by atoms with Gasteiger partial charge in [0.1, 0.15) is 16.9 Å². The van der Waals surface area contributed by atoms with E-state index in [-0.39, 0.29) is 6.10 Å². The van der Waals surface area contributed by atoms with Gasteiger partial charge in [-0.1, -0.05) is 18.5 Å². The SMILES string of the molecule is CC1CCC(Oc2ncnc(Cl)c2Br)CC1. The molecule has 0 aromatic carbocycles. The normalized spacial score (nSPS) is 25.4. The summed E-state index contributed by atoms with van der Waals surface area (Å²) in [7, 11) is 0. The molecule has 0 unspecified atom stereocenters. The van der Waals surface area contributed by atoms with Crippen molar-refractivity contribution in [2.24, 2.45) is 5.92 Å². The van der Waals surface area contributed by atoms with Gasteiger partial charge < -0.3 is 4.74 Å². The highest BCUT2D eigenvalue weighted by molar-refractivity contribution is 9.10. The summed E-state index contributed by atoms with van der Waals surface area (Å²) in [4.78, 5) is 7.96. The predicted molar refractivity (Wildman–Crippen MR) is 66.8 cm³/mol. The second kappa shape index (κ2) is 5.32. The quantitative estimate of drug-likeness (QED) is 0.778.